The largest absolute Gasteiger partial charge is 0.326 e. The Labute approximate surface area is 209 Å². The first kappa shape index (κ1) is 24.2. The van der Waals surface area contributed by atoms with Crippen molar-refractivity contribution < 1.29 is 9.59 Å². The number of amides is 2. The summed E-state index contributed by atoms with van der Waals surface area (Å²) < 4.78 is 2.00. The van der Waals surface area contributed by atoms with Crippen LogP contribution in [-0.2, 0) is 9.59 Å². The van der Waals surface area contributed by atoms with Crippen molar-refractivity contribution in [3.05, 3.63) is 83.9 Å². The molecule has 0 radical (unpaired) electrons. The van der Waals surface area contributed by atoms with E-state index in [1.54, 1.807) is 24.3 Å². The van der Waals surface area contributed by atoms with Gasteiger partial charge in [0.1, 0.15) is 0 Å². The zero-order valence-electron chi connectivity index (χ0n) is 20.1. The predicted molar refractivity (Wildman–Crippen MR) is 141 cm³/mol. The summed E-state index contributed by atoms with van der Waals surface area (Å²) in [6, 6.07) is 23.1. The number of carbonyl (C=O) groups is 2. The molecule has 4 rings (SSSR count). The second kappa shape index (κ2) is 10.6. The maximum Gasteiger partial charge on any atom is 0.237 e. The third kappa shape index (κ3) is 5.78. The first-order chi connectivity index (χ1) is 16.8. The smallest absolute Gasteiger partial charge is 0.237 e. The van der Waals surface area contributed by atoms with Crippen molar-refractivity contribution in [3.8, 4) is 17.1 Å². The zero-order chi connectivity index (χ0) is 24.9. The van der Waals surface area contributed by atoms with E-state index < -0.39 is 5.25 Å². The number of nitrogens with zero attached hydrogens (tertiary/aromatic N) is 3. The van der Waals surface area contributed by atoms with Crippen molar-refractivity contribution in [1.29, 1.82) is 0 Å². The fourth-order valence-electron chi connectivity index (χ4n) is 3.51. The van der Waals surface area contributed by atoms with Gasteiger partial charge in [0.15, 0.2) is 11.0 Å². The van der Waals surface area contributed by atoms with Crippen molar-refractivity contribution in [1.82, 2.24) is 14.8 Å². The normalized spacial score (nSPS) is 11.7. The summed E-state index contributed by atoms with van der Waals surface area (Å²) in [5.74, 6) is 0.422. The third-order valence-corrected chi connectivity index (χ3v) is 6.58. The lowest BCUT2D eigenvalue weighted by molar-refractivity contribution is -0.115. The first-order valence-corrected chi connectivity index (χ1v) is 12.1. The summed E-state index contributed by atoms with van der Waals surface area (Å²) in [5, 5.41) is 14.8. The average Bonchev–Trinajstić information content (AvgIpc) is 3.25. The Morgan fingerprint density at radius 3 is 2.14 bits per heavy atom. The van der Waals surface area contributed by atoms with Crippen LogP contribution in [0.5, 0.6) is 0 Å². The van der Waals surface area contributed by atoms with Gasteiger partial charge in [0.05, 0.1) is 10.9 Å². The molecule has 8 heteroatoms. The molecule has 0 bridgehead atoms. The van der Waals surface area contributed by atoms with E-state index in [0.29, 0.717) is 16.5 Å². The number of hydrogen-bond donors (Lipinski definition) is 2. The Morgan fingerprint density at radius 2 is 1.51 bits per heavy atom. The van der Waals surface area contributed by atoms with Crippen LogP contribution >= 0.6 is 11.8 Å². The van der Waals surface area contributed by atoms with Gasteiger partial charge in [-0.05, 0) is 68.3 Å². The van der Waals surface area contributed by atoms with E-state index in [4.69, 9.17) is 0 Å². The number of rotatable bonds is 7. The Hall–Kier alpha value is -3.91. The molecule has 0 saturated heterocycles. The van der Waals surface area contributed by atoms with Gasteiger partial charge in [0.25, 0.3) is 0 Å². The number of benzene rings is 3. The van der Waals surface area contributed by atoms with Crippen molar-refractivity contribution >= 4 is 35.0 Å². The number of aromatic nitrogens is 3. The molecule has 1 aromatic heterocycles. The lowest BCUT2D eigenvalue weighted by Crippen LogP contribution is -2.23. The van der Waals surface area contributed by atoms with Gasteiger partial charge in [-0.1, -0.05) is 48.2 Å². The average molecular weight is 486 g/mol. The molecule has 2 N–H and O–H groups in total. The van der Waals surface area contributed by atoms with Crippen LogP contribution in [0.4, 0.5) is 11.4 Å². The summed E-state index contributed by atoms with van der Waals surface area (Å²) in [6.45, 7) is 7.45. The molecule has 35 heavy (non-hydrogen) atoms. The molecule has 0 aliphatic carbocycles. The van der Waals surface area contributed by atoms with E-state index >= 15 is 0 Å². The molecule has 1 heterocycles. The predicted octanol–water partition coefficient (Wildman–Crippen LogP) is 5.63. The molecule has 0 aliphatic rings. The highest BCUT2D eigenvalue weighted by Crippen LogP contribution is 2.31. The monoisotopic (exact) mass is 485 g/mol. The van der Waals surface area contributed by atoms with Crippen LogP contribution in [0, 0.1) is 13.8 Å². The van der Waals surface area contributed by atoms with Crippen LogP contribution in [0.1, 0.15) is 25.0 Å². The number of hydrogen-bond acceptors (Lipinski definition) is 5. The first-order valence-electron chi connectivity index (χ1n) is 11.3. The summed E-state index contributed by atoms with van der Waals surface area (Å²) in [4.78, 5) is 24.1. The van der Waals surface area contributed by atoms with E-state index in [1.807, 2.05) is 47.9 Å². The number of anilines is 2. The maximum absolute atomic E-state index is 12.9. The van der Waals surface area contributed by atoms with E-state index in [9.17, 15) is 9.59 Å². The van der Waals surface area contributed by atoms with Gasteiger partial charge in [0, 0.05) is 23.9 Å². The summed E-state index contributed by atoms with van der Waals surface area (Å²) in [5.41, 5.74) is 5.58. The van der Waals surface area contributed by atoms with Gasteiger partial charge in [-0.15, -0.1) is 10.2 Å². The number of aryl methyl sites for hydroxylation is 2. The van der Waals surface area contributed by atoms with Crippen LogP contribution in [0.3, 0.4) is 0 Å². The molecule has 3 aromatic carbocycles. The molecule has 178 valence electrons. The quantitative estimate of drug-likeness (QED) is 0.331. The Bertz CT molecular complexity index is 1350. The van der Waals surface area contributed by atoms with E-state index in [-0.39, 0.29) is 11.8 Å². The lowest BCUT2D eigenvalue weighted by atomic mass is 10.1. The van der Waals surface area contributed by atoms with Gasteiger partial charge < -0.3 is 10.6 Å². The van der Waals surface area contributed by atoms with Gasteiger partial charge in [0.2, 0.25) is 11.8 Å². The summed E-state index contributed by atoms with van der Waals surface area (Å²) >= 11 is 1.35. The molecule has 2 amide bonds. The fourth-order valence-corrected chi connectivity index (χ4v) is 4.38. The number of thioether (sulfide) groups is 1. The molecule has 0 saturated carbocycles. The van der Waals surface area contributed by atoms with Crippen molar-refractivity contribution in [2.24, 2.45) is 0 Å². The molecular formula is C27H27N5O2S. The van der Waals surface area contributed by atoms with E-state index in [0.717, 1.165) is 17.1 Å². The van der Waals surface area contributed by atoms with Crippen LogP contribution in [0.2, 0.25) is 0 Å². The van der Waals surface area contributed by atoms with Crippen LogP contribution in [-0.4, -0.2) is 31.8 Å². The molecule has 0 spiro atoms. The Balaban J connectivity index is 1.58. The highest BCUT2D eigenvalue weighted by atomic mass is 32.2. The van der Waals surface area contributed by atoms with Gasteiger partial charge >= 0.3 is 0 Å². The molecule has 1 atom stereocenters. The van der Waals surface area contributed by atoms with Gasteiger partial charge in [-0.25, -0.2) is 0 Å². The molecule has 0 fully saturated rings. The molecule has 0 aliphatic heterocycles. The van der Waals surface area contributed by atoms with Gasteiger partial charge in [-0.2, -0.15) is 0 Å². The zero-order valence-corrected chi connectivity index (χ0v) is 20.9. The van der Waals surface area contributed by atoms with Crippen LogP contribution < -0.4 is 10.6 Å². The molecule has 7 nitrogen and oxygen atoms in total. The highest BCUT2D eigenvalue weighted by Gasteiger charge is 2.22. The summed E-state index contributed by atoms with van der Waals surface area (Å²) in [7, 11) is 0. The summed E-state index contributed by atoms with van der Waals surface area (Å²) in [6.07, 6.45) is 0. The second-order valence-electron chi connectivity index (χ2n) is 8.28. The third-order valence-electron chi connectivity index (χ3n) is 5.54. The van der Waals surface area contributed by atoms with Crippen LogP contribution in [0.25, 0.3) is 17.1 Å². The molecule has 4 aromatic rings. The second-order valence-corrected chi connectivity index (χ2v) is 9.59. The van der Waals surface area contributed by atoms with E-state index in [1.165, 1.54) is 29.8 Å². The van der Waals surface area contributed by atoms with Crippen molar-refractivity contribution in [2.75, 3.05) is 10.6 Å². The highest BCUT2D eigenvalue weighted by molar-refractivity contribution is 8.00. The lowest BCUT2D eigenvalue weighted by Gasteiger charge is -2.15. The van der Waals surface area contributed by atoms with E-state index in [2.05, 4.69) is 46.8 Å². The van der Waals surface area contributed by atoms with Crippen molar-refractivity contribution in [3.63, 3.8) is 0 Å². The topological polar surface area (TPSA) is 88.9 Å². The van der Waals surface area contributed by atoms with Crippen molar-refractivity contribution in [2.45, 2.75) is 38.1 Å². The fraction of sp³-hybridized carbons (Fsp3) is 0.185. The minimum absolute atomic E-state index is 0.144. The number of carbonyl (C=O) groups excluding carboxylic acids is 2. The van der Waals surface area contributed by atoms with Crippen LogP contribution in [0.15, 0.2) is 78.0 Å². The Kier molecular flexibility index (Phi) is 7.31. The minimum atomic E-state index is -0.428. The Morgan fingerprint density at radius 1 is 0.857 bits per heavy atom. The maximum atomic E-state index is 12.9. The number of nitrogens with one attached hydrogen (secondary N) is 2. The molecular weight excluding hydrogens is 458 g/mol. The van der Waals surface area contributed by atoms with Gasteiger partial charge in [-0.3, -0.25) is 14.2 Å². The SMILES string of the molecule is CC(=O)Nc1ccc(NC(=O)C(C)Sc2nnc(-c3ccccc3)n2-c2ccc(C)c(C)c2)cc1. The standard InChI is InChI=1S/C27H27N5O2S/c1-17-10-15-24(16-18(17)2)32-25(21-8-6-5-7-9-21)30-31-27(32)35-19(3)26(34)29-23-13-11-22(12-14-23)28-20(4)33/h5-16,19H,1-4H3,(H,28,33)(H,29,34). The molecule has 1 unspecified atom stereocenters. The minimum Gasteiger partial charge on any atom is -0.326 e.